The van der Waals surface area contributed by atoms with E-state index in [-0.39, 0.29) is 19.4 Å². The number of quaternary nitrogens is 2. The number of amides is 1. The predicted molar refractivity (Wildman–Crippen MR) is 91.4 cm³/mol. The molecule has 0 aromatic rings. The van der Waals surface area contributed by atoms with Gasteiger partial charge in [-0.1, -0.05) is 6.58 Å². The molecule has 0 aliphatic rings. The molecule has 5 nitrogen and oxygen atoms in total. The van der Waals surface area contributed by atoms with Gasteiger partial charge >= 0.3 is 0 Å². The maximum Gasteiger partial charge on any atom is 0.250 e. The van der Waals surface area contributed by atoms with Gasteiger partial charge in [0.25, 0.3) is 5.91 Å². The highest BCUT2D eigenvalue weighted by Gasteiger charge is 2.25. The number of hydrogen-bond acceptors (Lipinski definition) is 2. The maximum atomic E-state index is 11.4. The predicted octanol–water partition coefficient (Wildman–Crippen LogP) is 1.03. The monoisotopic (exact) mass is 302 g/mol. The van der Waals surface area contributed by atoms with Gasteiger partial charge in [0, 0.05) is 5.57 Å². The molecule has 0 spiro atoms. The van der Waals surface area contributed by atoms with Gasteiger partial charge in [0.1, 0.15) is 13.1 Å². The molecule has 1 unspecified atom stereocenters. The van der Waals surface area contributed by atoms with Crippen LogP contribution in [0.3, 0.4) is 0 Å². The Morgan fingerprint density at radius 2 is 1.57 bits per heavy atom. The summed E-state index contributed by atoms with van der Waals surface area (Å²) in [5.41, 5.74) is 0.502. The minimum Gasteiger partial charge on any atom is -0.382 e. The van der Waals surface area contributed by atoms with Gasteiger partial charge in [-0.25, -0.2) is 0 Å². The van der Waals surface area contributed by atoms with Crippen LogP contribution in [0.1, 0.15) is 6.92 Å². The number of rotatable bonds is 7. The molecule has 2 N–H and O–H groups in total. The summed E-state index contributed by atoms with van der Waals surface area (Å²) in [5.74, 6) is -0.137. The van der Waals surface area contributed by atoms with Gasteiger partial charge in [0.2, 0.25) is 0 Å². The molecule has 126 valence electrons. The summed E-state index contributed by atoms with van der Waals surface area (Å²) < 4.78 is 1.26. The van der Waals surface area contributed by atoms with Gasteiger partial charge in [-0.3, -0.25) is 4.79 Å². The Hall–Kier alpha value is -1.17. The first-order valence-electron chi connectivity index (χ1n) is 6.67. The highest BCUT2D eigenvalue weighted by atomic mass is 16.3. The maximum absolute atomic E-state index is 11.4. The average Bonchev–Trinajstić information content (AvgIpc) is 2.25. The Morgan fingerprint density at radius 1 is 1.14 bits per heavy atom. The molecular formula is C16H36N3O2+. The second-order valence-corrected chi connectivity index (χ2v) is 6.69. The van der Waals surface area contributed by atoms with Crippen molar-refractivity contribution in [3.63, 3.8) is 0 Å². The SMILES string of the molecule is C=C.C=C(C)C(=O)NC[N+](C)(C)CC(O)C[N+](C)(C)C.[CH3-]. The largest absolute Gasteiger partial charge is 0.382 e. The third-order valence-corrected chi connectivity index (χ3v) is 2.52. The van der Waals surface area contributed by atoms with E-state index in [1.807, 2.05) is 35.2 Å². The van der Waals surface area contributed by atoms with Crippen LogP contribution in [-0.4, -0.2) is 81.1 Å². The third kappa shape index (κ3) is 15.0. The molecule has 0 aromatic carbocycles. The van der Waals surface area contributed by atoms with E-state index < -0.39 is 0 Å². The normalized spacial score (nSPS) is 12.3. The highest BCUT2D eigenvalue weighted by Crippen LogP contribution is 2.02. The molecule has 0 saturated carbocycles. The molecule has 0 bridgehead atoms. The number of likely N-dealkylation sites (N-methyl/N-ethyl adjacent to an activating group) is 2. The zero-order valence-corrected chi connectivity index (χ0v) is 15.1. The van der Waals surface area contributed by atoms with Crippen molar-refractivity contribution in [2.75, 3.05) is 55.0 Å². The topological polar surface area (TPSA) is 49.3 Å². The summed E-state index contributed by atoms with van der Waals surface area (Å²) in [5, 5.41) is 12.8. The van der Waals surface area contributed by atoms with Crippen LogP contribution in [0.15, 0.2) is 25.3 Å². The van der Waals surface area contributed by atoms with Crippen LogP contribution in [0.5, 0.6) is 0 Å². The lowest BCUT2D eigenvalue weighted by molar-refractivity contribution is -0.908. The van der Waals surface area contributed by atoms with Crippen LogP contribution in [0.4, 0.5) is 0 Å². The second-order valence-electron chi connectivity index (χ2n) is 6.69. The molecule has 1 atom stereocenters. The van der Waals surface area contributed by atoms with Crippen molar-refractivity contribution in [2.45, 2.75) is 13.0 Å². The second kappa shape index (κ2) is 10.5. The first kappa shape index (κ1) is 24.8. The number of carbonyl (C=O) groups excluding carboxylic acids is 1. The Balaban J connectivity index is -0.00000103. The molecule has 0 radical (unpaired) electrons. The molecule has 0 aromatic heterocycles. The van der Waals surface area contributed by atoms with Crippen molar-refractivity contribution in [3.8, 4) is 0 Å². The number of nitrogens with one attached hydrogen (secondary N) is 1. The van der Waals surface area contributed by atoms with Gasteiger partial charge in [0.05, 0.1) is 35.2 Å². The zero-order chi connectivity index (χ0) is 16.6. The van der Waals surface area contributed by atoms with E-state index in [2.05, 4.69) is 25.1 Å². The van der Waals surface area contributed by atoms with Gasteiger partial charge in [0.15, 0.2) is 12.8 Å². The molecule has 0 aliphatic heterocycles. The smallest absolute Gasteiger partial charge is 0.250 e. The van der Waals surface area contributed by atoms with Gasteiger partial charge in [-0.15, -0.1) is 13.2 Å². The van der Waals surface area contributed by atoms with Crippen molar-refractivity contribution in [3.05, 3.63) is 32.7 Å². The fourth-order valence-corrected chi connectivity index (χ4v) is 1.76. The summed E-state index contributed by atoms with van der Waals surface area (Å²) in [6.07, 6.45) is -0.387. The van der Waals surface area contributed by atoms with E-state index in [1.165, 1.54) is 0 Å². The molecule has 0 saturated heterocycles. The molecule has 1 amide bonds. The molecule has 0 rings (SSSR count). The van der Waals surface area contributed by atoms with Gasteiger partial charge in [-0.05, 0) is 6.92 Å². The summed E-state index contributed by atoms with van der Waals surface area (Å²) in [6, 6.07) is 0. The van der Waals surface area contributed by atoms with Gasteiger partial charge < -0.3 is 26.8 Å². The first-order valence-corrected chi connectivity index (χ1v) is 6.67. The van der Waals surface area contributed by atoms with E-state index in [0.29, 0.717) is 29.8 Å². The molecule has 0 fully saturated rings. The van der Waals surface area contributed by atoms with Crippen molar-refractivity contribution >= 4 is 5.91 Å². The van der Waals surface area contributed by atoms with Gasteiger partial charge in [-0.2, -0.15) is 0 Å². The van der Waals surface area contributed by atoms with E-state index in [4.69, 9.17) is 0 Å². The quantitative estimate of drug-likeness (QED) is 0.243. The first-order chi connectivity index (χ1) is 8.93. The highest BCUT2D eigenvalue weighted by molar-refractivity contribution is 5.91. The van der Waals surface area contributed by atoms with Crippen LogP contribution in [-0.2, 0) is 4.79 Å². The van der Waals surface area contributed by atoms with Crippen LogP contribution < -0.4 is 5.32 Å². The third-order valence-electron chi connectivity index (χ3n) is 2.52. The summed E-state index contributed by atoms with van der Waals surface area (Å²) >= 11 is 0. The Labute approximate surface area is 131 Å². The van der Waals surface area contributed by atoms with Crippen molar-refractivity contribution < 1.29 is 18.9 Å². The molecule has 5 heteroatoms. The lowest BCUT2D eigenvalue weighted by Crippen LogP contribution is -2.55. The van der Waals surface area contributed by atoms with E-state index >= 15 is 0 Å². The molecule has 0 heterocycles. The van der Waals surface area contributed by atoms with Crippen molar-refractivity contribution in [1.29, 1.82) is 0 Å². The Kier molecular flexibility index (Phi) is 12.5. The lowest BCUT2D eigenvalue weighted by Gasteiger charge is -2.34. The minimum atomic E-state index is -0.387. The van der Waals surface area contributed by atoms with Crippen molar-refractivity contribution in [1.82, 2.24) is 5.32 Å². The van der Waals surface area contributed by atoms with E-state index in [9.17, 15) is 9.90 Å². The van der Waals surface area contributed by atoms with Crippen LogP contribution in [0.25, 0.3) is 0 Å². The fourth-order valence-electron chi connectivity index (χ4n) is 1.76. The van der Waals surface area contributed by atoms with Crippen LogP contribution in [0.2, 0.25) is 0 Å². The van der Waals surface area contributed by atoms with Crippen LogP contribution >= 0.6 is 0 Å². The number of aliphatic hydroxyl groups excluding tert-OH is 1. The van der Waals surface area contributed by atoms with Crippen LogP contribution in [0, 0.1) is 7.43 Å². The fraction of sp³-hybridized carbons (Fsp3) is 0.625. The molecule has 0 aliphatic carbocycles. The number of carbonyl (C=O) groups is 1. The standard InChI is InChI=1S/C13H28N3O2.C2H4.CH3/c1-11(2)13(18)14-10-16(6,7)9-12(17)8-15(3,4)5;1-2;/h12,17H,1,8-10H2,2-7H3;1-2H2;1H3/q+1;;-1/p+1. The zero-order valence-electron chi connectivity index (χ0n) is 15.1. The average molecular weight is 302 g/mol. The number of nitrogens with zero attached hydrogens (tertiary/aromatic N) is 2. The van der Waals surface area contributed by atoms with Crippen molar-refractivity contribution in [2.24, 2.45) is 0 Å². The minimum absolute atomic E-state index is 0. The number of hydrogen-bond donors (Lipinski definition) is 2. The van der Waals surface area contributed by atoms with E-state index in [0.717, 1.165) is 4.48 Å². The number of aliphatic hydroxyl groups is 1. The van der Waals surface area contributed by atoms with E-state index in [1.54, 1.807) is 6.92 Å². The lowest BCUT2D eigenvalue weighted by atomic mass is 10.2. The summed E-state index contributed by atoms with van der Waals surface area (Å²) in [7, 11) is 10.1. The summed E-state index contributed by atoms with van der Waals surface area (Å²) in [4.78, 5) is 11.4. The Bertz CT molecular complexity index is 320. The molecular weight excluding hydrogens is 266 g/mol. The Morgan fingerprint density at radius 3 is 1.90 bits per heavy atom. The molecule has 21 heavy (non-hydrogen) atoms. The summed E-state index contributed by atoms with van der Waals surface area (Å²) in [6.45, 7) is 13.1.